The number of aromatic nitrogens is 2. The predicted octanol–water partition coefficient (Wildman–Crippen LogP) is 1.62. The molecule has 21 heavy (non-hydrogen) atoms. The molecule has 2 aliphatic rings. The lowest BCUT2D eigenvalue weighted by Crippen LogP contribution is -2.42. The molecular weight excluding hydrogens is 268 g/mol. The van der Waals surface area contributed by atoms with Gasteiger partial charge in [-0.3, -0.25) is 4.90 Å². The van der Waals surface area contributed by atoms with Gasteiger partial charge >= 0.3 is 0 Å². The molecule has 6 nitrogen and oxygen atoms in total. The Kier molecular flexibility index (Phi) is 4.28. The van der Waals surface area contributed by atoms with Crippen LogP contribution in [0.2, 0.25) is 0 Å². The van der Waals surface area contributed by atoms with Crippen LogP contribution in [0, 0.1) is 0 Å². The van der Waals surface area contributed by atoms with Crippen molar-refractivity contribution >= 4 is 0 Å². The molecule has 1 aromatic rings. The Morgan fingerprint density at radius 3 is 2.81 bits per heavy atom. The zero-order chi connectivity index (χ0) is 14.9. The number of morpholine rings is 1. The first-order valence-corrected chi connectivity index (χ1v) is 8.04. The van der Waals surface area contributed by atoms with Gasteiger partial charge in [0.2, 0.25) is 11.7 Å². The topological polar surface area (TPSA) is 77.4 Å². The molecule has 0 aromatic carbocycles. The Morgan fingerprint density at radius 2 is 2.14 bits per heavy atom. The van der Waals surface area contributed by atoms with Crippen molar-refractivity contribution in [3.63, 3.8) is 0 Å². The van der Waals surface area contributed by atoms with Crippen molar-refractivity contribution in [2.45, 2.75) is 57.1 Å². The van der Waals surface area contributed by atoms with Gasteiger partial charge < -0.3 is 15.0 Å². The molecule has 0 amide bonds. The molecule has 1 aliphatic carbocycles. The van der Waals surface area contributed by atoms with Gasteiger partial charge in [-0.2, -0.15) is 4.98 Å². The molecule has 1 atom stereocenters. The third-order valence-corrected chi connectivity index (χ3v) is 4.96. The van der Waals surface area contributed by atoms with Crippen LogP contribution in [0.3, 0.4) is 0 Å². The van der Waals surface area contributed by atoms with Gasteiger partial charge in [0.25, 0.3) is 0 Å². The zero-order valence-electron chi connectivity index (χ0n) is 13.0. The maximum atomic E-state index is 5.98. The number of hydrogen-bond acceptors (Lipinski definition) is 6. The van der Waals surface area contributed by atoms with Crippen LogP contribution in [-0.2, 0) is 10.2 Å². The van der Waals surface area contributed by atoms with Gasteiger partial charge in [-0.05, 0) is 26.7 Å². The van der Waals surface area contributed by atoms with E-state index in [4.69, 9.17) is 15.0 Å². The third-order valence-electron chi connectivity index (χ3n) is 4.96. The van der Waals surface area contributed by atoms with Crippen molar-refractivity contribution in [3.05, 3.63) is 11.7 Å². The van der Waals surface area contributed by atoms with Crippen molar-refractivity contribution in [1.29, 1.82) is 0 Å². The molecule has 1 saturated heterocycles. The smallest absolute Gasteiger partial charge is 0.234 e. The van der Waals surface area contributed by atoms with Crippen molar-refractivity contribution < 1.29 is 9.26 Å². The first-order chi connectivity index (χ1) is 10.1. The molecule has 1 saturated carbocycles. The van der Waals surface area contributed by atoms with Crippen LogP contribution in [-0.4, -0.2) is 47.3 Å². The molecule has 1 aromatic heterocycles. The molecule has 2 N–H and O–H groups in total. The summed E-state index contributed by atoms with van der Waals surface area (Å²) in [4.78, 5) is 7.03. The van der Waals surface area contributed by atoms with E-state index >= 15 is 0 Å². The second-order valence-electron chi connectivity index (χ2n) is 6.60. The van der Waals surface area contributed by atoms with Crippen molar-refractivity contribution in [1.82, 2.24) is 15.0 Å². The second-order valence-corrected chi connectivity index (χ2v) is 6.60. The maximum absolute atomic E-state index is 5.98. The number of ether oxygens (including phenoxy) is 1. The fourth-order valence-corrected chi connectivity index (χ4v) is 3.43. The van der Waals surface area contributed by atoms with Crippen LogP contribution in [0.15, 0.2) is 4.52 Å². The minimum atomic E-state index is -0.0996. The first kappa shape index (κ1) is 14.9. The van der Waals surface area contributed by atoms with Gasteiger partial charge in [-0.1, -0.05) is 18.0 Å². The monoisotopic (exact) mass is 294 g/mol. The summed E-state index contributed by atoms with van der Waals surface area (Å²) in [7, 11) is 0. The molecular formula is C15H26N4O2. The highest BCUT2D eigenvalue weighted by Gasteiger charge is 2.40. The molecule has 3 rings (SSSR count). The Morgan fingerprint density at radius 1 is 1.38 bits per heavy atom. The summed E-state index contributed by atoms with van der Waals surface area (Å²) in [6.07, 6.45) is 4.39. The summed E-state index contributed by atoms with van der Waals surface area (Å²) in [6, 6.07) is 0.507. The van der Waals surface area contributed by atoms with Crippen LogP contribution in [0.25, 0.3) is 0 Å². The third kappa shape index (κ3) is 2.84. The Labute approximate surface area is 126 Å². The number of hydrogen-bond donors (Lipinski definition) is 1. The summed E-state index contributed by atoms with van der Waals surface area (Å²) in [5, 5.41) is 4.18. The fraction of sp³-hybridized carbons (Fsp3) is 0.867. The van der Waals surface area contributed by atoms with Crippen LogP contribution in [0.5, 0.6) is 0 Å². The molecule has 1 unspecified atom stereocenters. The van der Waals surface area contributed by atoms with E-state index in [0.717, 1.165) is 32.5 Å². The molecule has 0 radical (unpaired) electrons. The van der Waals surface area contributed by atoms with Crippen molar-refractivity contribution in [3.8, 4) is 0 Å². The molecule has 0 spiro atoms. The fourth-order valence-electron chi connectivity index (χ4n) is 3.43. The average molecular weight is 294 g/mol. The summed E-state index contributed by atoms with van der Waals surface area (Å²) in [5.74, 6) is 1.39. The van der Waals surface area contributed by atoms with Crippen LogP contribution >= 0.6 is 0 Å². The summed E-state index contributed by atoms with van der Waals surface area (Å²) in [6.45, 7) is 7.49. The summed E-state index contributed by atoms with van der Waals surface area (Å²) < 4.78 is 11.4. The number of nitrogens with zero attached hydrogens (tertiary/aromatic N) is 3. The highest BCUT2D eigenvalue weighted by Crippen LogP contribution is 2.39. The van der Waals surface area contributed by atoms with Gasteiger partial charge in [0, 0.05) is 25.7 Å². The molecule has 2 fully saturated rings. The van der Waals surface area contributed by atoms with E-state index in [9.17, 15) is 0 Å². The minimum Gasteiger partial charge on any atom is -0.367 e. The normalized spacial score (nSPS) is 26.6. The van der Waals surface area contributed by atoms with Crippen LogP contribution in [0.4, 0.5) is 0 Å². The quantitative estimate of drug-likeness (QED) is 0.909. The molecule has 1 aliphatic heterocycles. The summed E-state index contributed by atoms with van der Waals surface area (Å²) >= 11 is 0. The maximum Gasteiger partial charge on any atom is 0.234 e. The standard InChI is InChI=1S/C15H26N4O2/c1-11(2)19-7-8-20-12(9-19)13-17-14(21-18-13)15(10-16)5-3-4-6-15/h11-12H,3-10,16H2,1-2H3. The van der Waals surface area contributed by atoms with Crippen molar-refractivity contribution in [2.75, 3.05) is 26.2 Å². The van der Waals surface area contributed by atoms with Crippen LogP contribution in [0.1, 0.15) is 57.3 Å². The van der Waals surface area contributed by atoms with Gasteiger partial charge in [-0.25, -0.2) is 0 Å². The van der Waals surface area contributed by atoms with Crippen LogP contribution < -0.4 is 5.73 Å². The van der Waals surface area contributed by atoms with E-state index < -0.39 is 0 Å². The lowest BCUT2D eigenvalue weighted by Gasteiger charge is -2.34. The SMILES string of the molecule is CC(C)N1CCOC(c2noc(C3(CN)CCCC3)n2)C1. The number of rotatable bonds is 4. The minimum absolute atomic E-state index is 0.0881. The van der Waals surface area contributed by atoms with E-state index in [-0.39, 0.29) is 11.5 Å². The predicted molar refractivity (Wildman–Crippen MR) is 78.9 cm³/mol. The highest BCUT2D eigenvalue weighted by molar-refractivity contribution is 5.10. The average Bonchev–Trinajstić information content (AvgIpc) is 3.17. The van der Waals surface area contributed by atoms with Gasteiger partial charge in [0.1, 0.15) is 6.10 Å². The van der Waals surface area contributed by atoms with Gasteiger partial charge in [0.15, 0.2) is 0 Å². The van der Waals surface area contributed by atoms with E-state index in [1.54, 1.807) is 0 Å². The molecule has 6 heteroatoms. The van der Waals surface area contributed by atoms with E-state index in [2.05, 4.69) is 28.9 Å². The number of nitrogens with two attached hydrogens (primary N) is 1. The molecule has 118 valence electrons. The lowest BCUT2D eigenvalue weighted by atomic mass is 9.86. The lowest BCUT2D eigenvalue weighted by molar-refractivity contribution is -0.0450. The highest BCUT2D eigenvalue weighted by atomic mass is 16.5. The van der Waals surface area contributed by atoms with E-state index in [1.807, 2.05) is 0 Å². The molecule has 2 heterocycles. The van der Waals surface area contributed by atoms with E-state index in [0.29, 0.717) is 24.3 Å². The Balaban J connectivity index is 1.75. The van der Waals surface area contributed by atoms with Crippen molar-refractivity contribution in [2.24, 2.45) is 5.73 Å². The Hall–Kier alpha value is -0.980. The first-order valence-electron chi connectivity index (χ1n) is 8.04. The second kappa shape index (κ2) is 6.02. The molecule has 0 bridgehead atoms. The van der Waals surface area contributed by atoms with Gasteiger partial charge in [0.05, 0.1) is 12.0 Å². The Bertz CT molecular complexity index is 468. The van der Waals surface area contributed by atoms with Gasteiger partial charge in [-0.15, -0.1) is 0 Å². The summed E-state index contributed by atoms with van der Waals surface area (Å²) in [5.41, 5.74) is 5.88. The largest absolute Gasteiger partial charge is 0.367 e. The zero-order valence-corrected chi connectivity index (χ0v) is 13.0. The van der Waals surface area contributed by atoms with E-state index in [1.165, 1.54) is 12.8 Å².